The molecule has 2 amide bonds. The minimum atomic E-state index is 0.0565. The lowest BCUT2D eigenvalue weighted by Crippen LogP contribution is -2.46. The van der Waals surface area contributed by atoms with Gasteiger partial charge in [0.25, 0.3) is 5.91 Å². The number of anilines is 1. The normalized spacial score (nSPS) is 15.4. The molecular weight excluding hydrogens is 386 g/mol. The summed E-state index contributed by atoms with van der Waals surface area (Å²) < 4.78 is 0. The van der Waals surface area contributed by atoms with E-state index in [9.17, 15) is 9.59 Å². The summed E-state index contributed by atoms with van der Waals surface area (Å²) in [6.07, 6.45) is 2.65. The fourth-order valence-corrected chi connectivity index (χ4v) is 4.03. The fraction of sp³-hybridized carbons (Fsp3) is 0.462. The Hall–Kier alpha value is -2.82. The lowest BCUT2D eigenvalue weighted by molar-refractivity contribution is -0.125. The SMILES string of the molecule is CC[C@H](C)C(=O)NC1CCN(c2ccccc2C(=O)N(CC)Cc2ccccc2)CC1. The molecule has 31 heavy (non-hydrogen) atoms. The summed E-state index contributed by atoms with van der Waals surface area (Å²) in [5.74, 6) is 0.270. The standard InChI is InChI=1S/C26H35N3O2/c1-4-20(3)25(30)27-22-15-17-29(18-16-22)24-14-10-9-13-23(24)26(31)28(5-2)19-21-11-7-6-8-12-21/h6-14,20,22H,4-5,15-19H2,1-3H3,(H,27,30)/t20-/m0/s1. The van der Waals surface area contributed by atoms with Gasteiger partial charge in [0.1, 0.15) is 0 Å². The minimum Gasteiger partial charge on any atom is -0.371 e. The lowest BCUT2D eigenvalue weighted by atomic mass is 10.0. The van der Waals surface area contributed by atoms with Crippen LogP contribution in [0.4, 0.5) is 5.69 Å². The number of rotatable bonds is 8. The number of carbonyl (C=O) groups excluding carboxylic acids is 2. The van der Waals surface area contributed by atoms with E-state index in [-0.39, 0.29) is 23.8 Å². The Bertz CT molecular complexity index is 860. The summed E-state index contributed by atoms with van der Waals surface area (Å²) in [6, 6.07) is 18.2. The van der Waals surface area contributed by atoms with Gasteiger partial charge in [-0.1, -0.05) is 56.3 Å². The highest BCUT2D eigenvalue weighted by Gasteiger charge is 2.26. The predicted molar refractivity (Wildman–Crippen MR) is 126 cm³/mol. The Morgan fingerprint density at radius 2 is 1.68 bits per heavy atom. The zero-order valence-corrected chi connectivity index (χ0v) is 19.0. The van der Waals surface area contributed by atoms with Crippen LogP contribution in [0.3, 0.4) is 0 Å². The van der Waals surface area contributed by atoms with Crippen LogP contribution in [-0.2, 0) is 11.3 Å². The zero-order valence-electron chi connectivity index (χ0n) is 19.0. The molecule has 1 heterocycles. The molecule has 0 bridgehead atoms. The molecule has 0 saturated carbocycles. The van der Waals surface area contributed by atoms with E-state index in [2.05, 4.69) is 22.3 Å². The zero-order chi connectivity index (χ0) is 22.2. The Kier molecular flexibility index (Phi) is 8.10. The molecule has 166 valence electrons. The average molecular weight is 422 g/mol. The fourth-order valence-electron chi connectivity index (χ4n) is 4.03. The highest BCUT2D eigenvalue weighted by atomic mass is 16.2. The molecule has 0 aliphatic carbocycles. The molecule has 3 rings (SSSR count). The Morgan fingerprint density at radius 1 is 1.03 bits per heavy atom. The molecule has 0 spiro atoms. The number of nitrogens with zero attached hydrogens (tertiary/aromatic N) is 2. The van der Waals surface area contributed by atoms with E-state index in [1.54, 1.807) is 0 Å². The van der Waals surface area contributed by atoms with Gasteiger partial charge in [0.05, 0.1) is 5.56 Å². The van der Waals surface area contributed by atoms with Crippen molar-refractivity contribution in [1.29, 1.82) is 0 Å². The van der Waals surface area contributed by atoms with Crippen molar-refractivity contribution >= 4 is 17.5 Å². The van der Waals surface area contributed by atoms with Crippen molar-refractivity contribution in [2.24, 2.45) is 5.92 Å². The number of benzene rings is 2. The second-order valence-electron chi connectivity index (χ2n) is 8.40. The number of carbonyl (C=O) groups is 2. The molecule has 5 heteroatoms. The number of para-hydroxylation sites is 1. The van der Waals surface area contributed by atoms with E-state index in [1.165, 1.54) is 0 Å². The molecule has 1 N–H and O–H groups in total. The van der Waals surface area contributed by atoms with Crippen LogP contribution in [0.15, 0.2) is 54.6 Å². The topological polar surface area (TPSA) is 52.7 Å². The third-order valence-corrected chi connectivity index (χ3v) is 6.26. The van der Waals surface area contributed by atoms with Gasteiger partial charge in [-0.15, -0.1) is 0 Å². The minimum absolute atomic E-state index is 0.0565. The van der Waals surface area contributed by atoms with Gasteiger partial charge in [-0.2, -0.15) is 0 Å². The van der Waals surface area contributed by atoms with Crippen molar-refractivity contribution < 1.29 is 9.59 Å². The van der Waals surface area contributed by atoms with Crippen molar-refractivity contribution in [2.75, 3.05) is 24.5 Å². The van der Waals surface area contributed by atoms with Crippen LogP contribution in [0.2, 0.25) is 0 Å². The Balaban J connectivity index is 1.68. The van der Waals surface area contributed by atoms with Crippen molar-refractivity contribution in [1.82, 2.24) is 10.2 Å². The smallest absolute Gasteiger partial charge is 0.256 e. The van der Waals surface area contributed by atoms with Crippen LogP contribution < -0.4 is 10.2 Å². The van der Waals surface area contributed by atoms with Crippen LogP contribution >= 0.6 is 0 Å². The van der Waals surface area contributed by atoms with E-state index in [4.69, 9.17) is 0 Å². The number of amides is 2. The second kappa shape index (κ2) is 11.0. The van der Waals surface area contributed by atoms with E-state index in [0.29, 0.717) is 13.1 Å². The number of piperidine rings is 1. The second-order valence-corrected chi connectivity index (χ2v) is 8.40. The van der Waals surface area contributed by atoms with Crippen LogP contribution in [-0.4, -0.2) is 42.4 Å². The summed E-state index contributed by atoms with van der Waals surface area (Å²) >= 11 is 0. The summed E-state index contributed by atoms with van der Waals surface area (Å²) in [6.45, 7) is 8.97. The van der Waals surface area contributed by atoms with Crippen LogP contribution in [0, 0.1) is 5.92 Å². The molecule has 1 aliphatic rings. The monoisotopic (exact) mass is 421 g/mol. The molecule has 2 aromatic carbocycles. The van der Waals surface area contributed by atoms with Gasteiger partial charge in [-0.3, -0.25) is 9.59 Å². The van der Waals surface area contributed by atoms with Crippen LogP contribution in [0.1, 0.15) is 56.0 Å². The first kappa shape index (κ1) is 22.9. The summed E-state index contributed by atoms with van der Waals surface area (Å²) in [4.78, 5) is 29.8. The molecule has 5 nitrogen and oxygen atoms in total. The lowest BCUT2D eigenvalue weighted by Gasteiger charge is -2.35. The summed E-state index contributed by atoms with van der Waals surface area (Å²) in [7, 11) is 0. The van der Waals surface area contributed by atoms with E-state index in [1.807, 2.05) is 68.1 Å². The van der Waals surface area contributed by atoms with Gasteiger partial charge in [-0.25, -0.2) is 0 Å². The van der Waals surface area contributed by atoms with Crippen LogP contribution in [0.5, 0.6) is 0 Å². The quantitative estimate of drug-likeness (QED) is 0.684. The first-order valence-electron chi connectivity index (χ1n) is 11.5. The maximum atomic E-state index is 13.4. The Labute approximate surface area is 186 Å². The first-order chi connectivity index (χ1) is 15.0. The van der Waals surface area contributed by atoms with Crippen molar-refractivity contribution in [3.8, 4) is 0 Å². The van der Waals surface area contributed by atoms with Gasteiger partial charge < -0.3 is 15.1 Å². The molecule has 0 radical (unpaired) electrons. The van der Waals surface area contributed by atoms with Crippen molar-refractivity contribution in [3.63, 3.8) is 0 Å². The number of hydrogen-bond donors (Lipinski definition) is 1. The molecule has 1 aliphatic heterocycles. The highest BCUT2D eigenvalue weighted by Crippen LogP contribution is 2.26. The third kappa shape index (κ3) is 5.87. The summed E-state index contributed by atoms with van der Waals surface area (Å²) in [5, 5.41) is 3.19. The van der Waals surface area contributed by atoms with Gasteiger partial charge in [0.2, 0.25) is 5.91 Å². The molecule has 1 saturated heterocycles. The number of nitrogens with one attached hydrogen (secondary N) is 1. The van der Waals surface area contributed by atoms with Crippen molar-refractivity contribution in [2.45, 2.75) is 52.6 Å². The summed E-state index contributed by atoms with van der Waals surface area (Å²) in [5.41, 5.74) is 2.88. The predicted octanol–water partition coefficient (Wildman–Crippen LogP) is 4.48. The molecule has 0 aromatic heterocycles. The van der Waals surface area contributed by atoms with Gasteiger partial charge >= 0.3 is 0 Å². The Morgan fingerprint density at radius 3 is 2.32 bits per heavy atom. The van der Waals surface area contributed by atoms with E-state index >= 15 is 0 Å². The molecule has 1 atom stereocenters. The first-order valence-corrected chi connectivity index (χ1v) is 11.5. The molecule has 2 aromatic rings. The van der Waals surface area contributed by atoms with Gasteiger partial charge in [0, 0.05) is 43.8 Å². The van der Waals surface area contributed by atoms with E-state index < -0.39 is 0 Å². The van der Waals surface area contributed by atoms with Crippen molar-refractivity contribution in [3.05, 3.63) is 65.7 Å². The maximum Gasteiger partial charge on any atom is 0.256 e. The average Bonchev–Trinajstić information content (AvgIpc) is 2.82. The molecular formula is C26H35N3O2. The maximum absolute atomic E-state index is 13.4. The van der Waals surface area contributed by atoms with Gasteiger partial charge in [-0.05, 0) is 43.9 Å². The van der Waals surface area contributed by atoms with E-state index in [0.717, 1.165) is 49.2 Å². The molecule has 1 fully saturated rings. The van der Waals surface area contributed by atoms with Crippen LogP contribution in [0.25, 0.3) is 0 Å². The molecule has 0 unspecified atom stereocenters. The highest BCUT2D eigenvalue weighted by molar-refractivity contribution is 5.99. The third-order valence-electron chi connectivity index (χ3n) is 6.26. The number of hydrogen-bond acceptors (Lipinski definition) is 3. The largest absolute Gasteiger partial charge is 0.371 e. The van der Waals surface area contributed by atoms with Gasteiger partial charge in [0.15, 0.2) is 0 Å².